The summed E-state index contributed by atoms with van der Waals surface area (Å²) in [4.78, 5) is 0.329. The Labute approximate surface area is 102 Å². The lowest BCUT2D eigenvalue weighted by molar-refractivity contribution is 0.595. The maximum atomic E-state index is 11.6. The van der Waals surface area contributed by atoms with Crippen molar-refractivity contribution in [3.8, 4) is 6.07 Å². The van der Waals surface area contributed by atoms with E-state index in [0.29, 0.717) is 11.3 Å². The summed E-state index contributed by atoms with van der Waals surface area (Å²) in [6.45, 7) is 1.62. The Bertz CT molecular complexity index is 500. The van der Waals surface area contributed by atoms with Crippen LogP contribution in [0.1, 0.15) is 24.9 Å². The van der Waals surface area contributed by atoms with Crippen molar-refractivity contribution in [3.05, 3.63) is 29.8 Å². The second-order valence-electron chi connectivity index (χ2n) is 3.68. The van der Waals surface area contributed by atoms with Crippen LogP contribution in [0.2, 0.25) is 0 Å². The highest BCUT2D eigenvalue weighted by Gasteiger charge is 2.13. The van der Waals surface area contributed by atoms with E-state index in [1.807, 2.05) is 0 Å². The maximum absolute atomic E-state index is 11.6. The van der Waals surface area contributed by atoms with E-state index in [1.54, 1.807) is 38.2 Å². The second kappa shape index (κ2) is 5.80. The van der Waals surface area contributed by atoms with Crippen molar-refractivity contribution >= 4 is 9.84 Å². The molecule has 0 aliphatic heterocycles. The van der Waals surface area contributed by atoms with Crippen molar-refractivity contribution in [2.45, 2.75) is 24.3 Å². The lowest BCUT2D eigenvalue weighted by Crippen LogP contribution is -2.15. The highest BCUT2D eigenvalue weighted by atomic mass is 32.2. The molecule has 4 nitrogen and oxygen atoms in total. The zero-order chi connectivity index (χ0) is 12.9. The average molecular weight is 252 g/mol. The van der Waals surface area contributed by atoms with Crippen LogP contribution >= 0.6 is 0 Å². The standard InChI is InChI=1S/C12H16N2O2S/c1-3-17(15,16)11-6-4-10(5-7-11)12(14-2)8-9-13/h4-7,12,14H,3,8H2,1-2H3. The van der Waals surface area contributed by atoms with Crippen molar-refractivity contribution in [1.82, 2.24) is 5.32 Å². The van der Waals surface area contributed by atoms with Gasteiger partial charge in [-0.3, -0.25) is 0 Å². The molecule has 0 fully saturated rings. The molecular formula is C12H16N2O2S. The zero-order valence-corrected chi connectivity index (χ0v) is 10.8. The smallest absolute Gasteiger partial charge is 0.178 e. The Morgan fingerprint density at radius 1 is 1.35 bits per heavy atom. The van der Waals surface area contributed by atoms with Crippen LogP contribution in [0.25, 0.3) is 0 Å². The molecule has 0 aromatic heterocycles. The average Bonchev–Trinajstić information content (AvgIpc) is 2.36. The number of nitriles is 1. The van der Waals surface area contributed by atoms with Crippen molar-refractivity contribution in [2.24, 2.45) is 0 Å². The molecule has 0 radical (unpaired) electrons. The summed E-state index contributed by atoms with van der Waals surface area (Å²) in [5.41, 5.74) is 0.920. The first kappa shape index (κ1) is 13.7. The molecule has 1 rings (SSSR count). The molecule has 5 heteroatoms. The molecule has 0 bridgehead atoms. The van der Waals surface area contributed by atoms with E-state index < -0.39 is 9.84 Å². The van der Waals surface area contributed by atoms with Crippen LogP contribution in [0.3, 0.4) is 0 Å². The Morgan fingerprint density at radius 3 is 2.35 bits per heavy atom. The summed E-state index contributed by atoms with van der Waals surface area (Å²) in [7, 11) is -1.37. The molecule has 92 valence electrons. The molecule has 1 atom stereocenters. The summed E-state index contributed by atoms with van der Waals surface area (Å²) < 4.78 is 23.2. The zero-order valence-electron chi connectivity index (χ0n) is 9.97. The summed E-state index contributed by atoms with van der Waals surface area (Å²) in [5.74, 6) is 0.0972. The van der Waals surface area contributed by atoms with E-state index in [9.17, 15) is 8.42 Å². The van der Waals surface area contributed by atoms with Gasteiger partial charge in [-0.25, -0.2) is 8.42 Å². The lowest BCUT2D eigenvalue weighted by atomic mass is 10.1. The largest absolute Gasteiger partial charge is 0.312 e. The first-order valence-corrected chi connectivity index (χ1v) is 7.07. The Balaban J connectivity index is 3.00. The molecule has 0 spiro atoms. The molecular weight excluding hydrogens is 236 g/mol. The van der Waals surface area contributed by atoms with Gasteiger partial charge in [0.15, 0.2) is 9.84 Å². The maximum Gasteiger partial charge on any atom is 0.178 e. The molecule has 0 aliphatic rings. The van der Waals surface area contributed by atoms with Crippen LogP contribution in [-0.4, -0.2) is 21.2 Å². The van der Waals surface area contributed by atoms with Gasteiger partial charge in [-0.05, 0) is 24.7 Å². The minimum absolute atomic E-state index is 0.0571. The molecule has 1 N–H and O–H groups in total. The third-order valence-corrected chi connectivity index (χ3v) is 4.42. The van der Waals surface area contributed by atoms with Crippen LogP contribution < -0.4 is 5.32 Å². The van der Waals surface area contributed by atoms with Crippen LogP contribution in [0.15, 0.2) is 29.2 Å². The summed E-state index contributed by atoms with van der Waals surface area (Å²) in [5, 5.41) is 11.7. The lowest BCUT2D eigenvalue weighted by Gasteiger charge is -2.13. The van der Waals surface area contributed by atoms with Crippen LogP contribution in [-0.2, 0) is 9.84 Å². The number of sulfone groups is 1. The minimum Gasteiger partial charge on any atom is -0.312 e. The third kappa shape index (κ3) is 3.29. The summed E-state index contributed by atoms with van der Waals surface area (Å²) in [6.07, 6.45) is 0.358. The van der Waals surface area contributed by atoms with E-state index in [4.69, 9.17) is 5.26 Å². The van der Waals surface area contributed by atoms with Gasteiger partial charge in [0.25, 0.3) is 0 Å². The van der Waals surface area contributed by atoms with Crippen LogP contribution in [0, 0.1) is 11.3 Å². The van der Waals surface area contributed by atoms with Gasteiger partial charge in [0.1, 0.15) is 0 Å². The molecule has 0 aliphatic carbocycles. The Kier molecular flexibility index (Phi) is 4.67. The van der Waals surface area contributed by atoms with E-state index >= 15 is 0 Å². The number of nitrogens with zero attached hydrogens (tertiary/aromatic N) is 1. The first-order valence-electron chi connectivity index (χ1n) is 5.42. The molecule has 1 aromatic carbocycles. The van der Waals surface area contributed by atoms with Crippen LogP contribution in [0.5, 0.6) is 0 Å². The molecule has 1 unspecified atom stereocenters. The molecule has 1 aromatic rings. The number of hydrogen-bond acceptors (Lipinski definition) is 4. The van der Waals surface area contributed by atoms with Gasteiger partial charge in [0.05, 0.1) is 23.1 Å². The minimum atomic E-state index is -3.15. The number of hydrogen-bond donors (Lipinski definition) is 1. The predicted molar refractivity (Wildman–Crippen MR) is 66.2 cm³/mol. The Hall–Kier alpha value is -1.38. The quantitative estimate of drug-likeness (QED) is 0.865. The van der Waals surface area contributed by atoms with Crippen molar-refractivity contribution < 1.29 is 8.42 Å². The molecule has 0 heterocycles. The predicted octanol–water partition coefficient (Wildman–Crippen LogP) is 1.65. The van der Waals surface area contributed by atoms with Crippen molar-refractivity contribution in [2.75, 3.05) is 12.8 Å². The fourth-order valence-corrected chi connectivity index (χ4v) is 2.44. The molecule has 0 saturated carbocycles. The Morgan fingerprint density at radius 2 is 1.94 bits per heavy atom. The number of benzene rings is 1. The highest BCUT2D eigenvalue weighted by Crippen LogP contribution is 2.19. The SMILES string of the molecule is CCS(=O)(=O)c1ccc(C(CC#N)NC)cc1. The van der Waals surface area contributed by atoms with Gasteiger partial charge in [0, 0.05) is 6.04 Å². The second-order valence-corrected chi connectivity index (χ2v) is 5.95. The van der Waals surface area contributed by atoms with Crippen molar-refractivity contribution in [3.63, 3.8) is 0 Å². The fourth-order valence-electron chi connectivity index (χ4n) is 1.55. The van der Waals surface area contributed by atoms with Gasteiger partial charge in [-0.2, -0.15) is 5.26 Å². The van der Waals surface area contributed by atoms with Gasteiger partial charge < -0.3 is 5.32 Å². The molecule has 0 saturated heterocycles. The third-order valence-electron chi connectivity index (χ3n) is 2.67. The van der Waals surface area contributed by atoms with E-state index in [0.717, 1.165) is 5.56 Å². The van der Waals surface area contributed by atoms with Gasteiger partial charge >= 0.3 is 0 Å². The normalized spacial score (nSPS) is 13.0. The van der Waals surface area contributed by atoms with E-state index in [2.05, 4.69) is 11.4 Å². The van der Waals surface area contributed by atoms with Crippen molar-refractivity contribution in [1.29, 1.82) is 5.26 Å². The van der Waals surface area contributed by atoms with Gasteiger partial charge in [0.2, 0.25) is 0 Å². The monoisotopic (exact) mass is 252 g/mol. The van der Waals surface area contributed by atoms with E-state index in [1.165, 1.54) is 0 Å². The van der Waals surface area contributed by atoms with Crippen LogP contribution in [0.4, 0.5) is 0 Å². The summed E-state index contributed by atoms with van der Waals surface area (Å²) in [6, 6.07) is 8.72. The molecule has 17 heavy (non-hydrogen) atoms. The van der Waals surface area contributed by atoms with Gasteiger partial charge in [-0.15, -0.1) is 0 Å². The first-order chi connectivity index (χ1) is 8.05. The van der Waals surface area contributed by atoms with Gasteiger partial charge in [-0.1, -0.05) is 19.1 Å². The molecule has 0 amide bonds. The highest BCUT2D eigenvalue weighted by molar-refractivity contribution is 7.91. The number of nitrogens with one attached hydrogen (secondary N) is 1. The summed E-state index contributed by atoms with van der Waals surface area (Å²) >= 11 is 0. The topological polar surface area (TPSA) is 70.0 Å². The fraction of sp³-hybridized carbons (Fsp3) is 0.417. The number of rotatable bonds is 5. The van der Waals surface area contributed by atoms with E-state index in [-0.39, 0.29) is 11.8 Å².